The summed E-state index contributed by atoms with van der Waals surface area (Å²) in [5.74, 6) is -1.01. The van der Waals surface area contributed by atoms with E-state index in [9.17, 15) is 14.4 Å². The Balaban J connectivity index is 4.45. The molecule has 0 aliphatic rings. The molecule has 0 spiro atoms. The topological polar surface area (TPSA) is 78.9 Å². The highest BCUT2D eigenvalue weighted by Gasteiger charge is 2.19. The summed E-state index contributed by atoms with van der Waals surface area (Å²) in [6.45, 7) is 6.35. The first-order valence-corrected chi connectivity index (χ1v) is 32.7. The Morgan fingerprint density at radius 1 is 0.266 bits per heavy atom. The number of carbonyl (C=O) groups excluding carboxylic acids is 3. The number of rotatable bonds is 58. The minimum absolute atomic E-state index is 0.115. The van der Waals surface area contributed by atoms with Crippen molar-refractivity contribution in [3.63, 3.8) is 0 Å². The Morgan fingerprint density at radius 2 is 0.519 bits per heavy atom. The van der Waals surface area contributed by atoms with E-state index in [2.05, 4.69) is 148 Å². The van der Waals surface area contributed by atoms with Gasteiger partial charge in [-0.05, 0) is 122 Å². The molecule has 0 aromatic heterocycles. The van der Waals surface area contributed by atoms with Gasteiger partial charge in [-0.25, -0.2) is 0 Å². The largest absolute Gasteiger partial charge is 0.462 e. The van der Waals surface area contributed by atoms with Crippen molar-refractivity contribution >= 4 is 17.9 Å². The van der Waals surface area contributed by atoms with E-state index < -0.39 is 12.1 Å². The highest BCUT2D eigenvalue weighted by molar-refractivity contribution is 5.71. The van der Waals surface area contributed by atoms with Gasteiger partial charge in [-0.15, -0.1) is 0 Å². The lowest BCUT2D eigenvalue weighted by Crippen LogP contribution is -2.30. The fourth-order valence-corrected chi connectivity index (χ4v) is 8.81. The van der Waals surface area contributed by atoms with Gasteiger partial charge in [0.2, 0.25) is 0 Å². The van der Waals surface area contributed by atoms with Crippen LogP contribution in [0, 0.1) is 0 Å². The summed E-state index contributed by atoms with van der Waals surface area (Å²) in [7, 11) is 0. The van der Waals surface area contributed by atoms with Crippen molar-refractivity contribution in [1.82, 2.24) is 0 Å². The van der Waals surface area contributed by atoms with E-state index in [1.54, 1.807) is 0 Å². The first-order valence-electron chi connectivity index (χ1n) is 32.7. The Morgan fingerprint density at radius 3 is 0.823 bits per heavy atom. The van der Waals surface area contributed by atoms with E-state index in [1.807, 2.05) is 6.08 Å². The second-order valence-corrected chi connectivity index (χ2v) is 21.3. The van der Waals surface area contributed by atoms with E-state index in [0.717, 1.165) is 109 Å². The minimum Gasteiger partial charge on any atom is -0.462 e. The molecule has 0 aromatic rings. The second-order valence-electron chi connectivity index (χ2n) is 21.3. The Kier molecular flexibility index (Phi) is 62.3. The number of allylic oxidation sites excluding steroid dienone is 22. The van der Waals surface area contributed by atoms with Crippen LogP contribution >= 0.6 is 0 Å². The quantitative estimate of drug-likeness (QED) is 0.0261. The highest BCUT2D eigenvalue weighted by Crippen LogP contribution is 2.16. The average molecular weight is 1090 g/mol. The SMILES string of the molecule is CC/C=C\C/C=C\C/C=C\C/C=C\C/C=C\C/C=C\CCC(=O)OC(COC(=O)CCCCCCCCC/C=C\C/C=C\C/C=C\CC)COC(=O)CCCCCCCCCCCCCCC/C=C\C/C=C\CCCCCCC. The molecule has 6 heteroatoms. The third kappa shape index (κ3) is 64.3. The smallest absolute Gasteiger partial charge is 0.306 e. The zero-order chi connectivity index (χ0) is 57.1. The lowest BCUT2D eigenvalue weighted by Gasteiger charge is -2.18. The van der Waals surface area contributed by atoms with Crippen LogP contribution in [0.4, 0.5) is 0 Å². The van der Waals surface area contributed by atoms with E-state index in [1.165, 1.54) is 135 Å². The molecule has 0 bridgehead atoms. The normalized spacial score (nSPS) is 13.0. The van der Waals surface area contributed by atoms with Crippen molar-refractivity contribution in [3.05, 3.63) is 134 Å². The first kappa shape index (κ1) is 74.5. The lowest BCUT2D eigenvalue weighted by molar-refractivity contribution is -0.166. The maximum atomic E-state index is 12.9. The van der Waals surface area contributed by atoms with Crippen LogP contribution in [0.2, 0.25) is 0 Å². The molecule has 0 aliphatic carbocycles. The zero-order valence-corrected chi connectivity index (χ0v) is 51.3. The van der Waals surface area contributed by atoms with Crippen LogP contribution in [0.15, 0.2) is 134 Å². The van der Waals surface area contributed by atoms with Crippen LogP contribution in [0.1, 0.15) is 290 Å². The zero-order valence-electron chi connectivity index (χ0n) is 51.3. The van der Waals surface area contributed by atoms with Gasteiger partial charge in [0.1, 0.15) is 13.2 Å². The van der Waals surface area contributed by atoms with Gasteiger partial charge in [0.05, 0.1) is 0 Å². The predicted molar refractivity (Wildman–Crippen MR) is 343 cm³/mol. The molecule has 1 atom stereocenters. The predicted octanol–water partition coefficient (Wildman–Crippen LogP) is 22.5. The molecule has 6 nitrogen and oxygen atoms in total. The molecule has 448 valence electrons. The lowest BCUT2D eigenvalue weighted by atomic mass is 10.0. The summed E-state index contributed by atoms with van der Waals surface area (Å²) >= 11 is 0. The van der Waals surface area contributed by atoms with Gasteiger partial charge in [0.25, 0.3) is 0 Å². The molecule has 0 amide bonds. The molecule has 0 aromatic carbocycles. The number of hydrogen-bond donors (Lipinski definition) is 0. The summed E-state index contributed by atoms with van der Waals surface area (Å²) in [4.78, 5) is 38.3. The monoisotopic (exact) mass is 1090 g/mol. The molecule has 0 fully saturated rings. The Hall–Kier alpha value is -4.45. The molecular formula is C73H120O6. The van der Waals surface area contributed by atoms with Gasteiger partial charge in [0, 0.05) is 19.3 Å². The molecule has 0 aliphatic heterocycles. The molecule has 0 heterocycles. The van der Waals surface area contributed by atoms with Crippen molar-refractivity contribution in [2.75, 3.05) is 13.2 Å². The van der Waals surface area contributed by atoms with Crippen molar-refractivity contribution < 1.29 is 28.6 Å². The summed E-state index contributed by atoms with van der Waals surface area (Å²) in [5.41, 5.74) is 0. The van der Waals surface area contributed by atoms with Gasteiger partial charge >= 0.3 is 17.9 Å². The summed E-state index contributed by atoms with van der Waals surface area (Å²) in [5, 5.41) is 0. The van der Waals surface area contributed by atoms with E-state index in [4.69, 9.17) is 14.2 Å². The van der Waals surface area contributed by atoms with Gasteiger partial charge in [0.15, 0.2) is 6.10 Å². The van der Waals surface area contributed by atoms with Crippen LogP contribution in [0.25, 0.3) is 0 Å². The maximum Gasteiger partial charge on any atom is 0.306 e. The number of carbonyl (C=O) groups is 3. The first-order chi connectivity index (χ1) is 39.0. The maximum absolute atomic E-state index is 12.9. The van der Waals surface area contributed by atoms with E-state index >= 15 is 0 Å². The Bertz CT molecular complexity index is 1680. The Labute approximate surface area is 487 Å². The summed E-state index contributed by atoms with van der Waals surface area (Å²) < 4.78 is 16.9. The van der Waals surface area contributed by atoms with Crippen LogP contribution in [-0.4, -0.2) is 37.2 Å². The number of esters is 3. The molecular weight excluding hydrogens is 973 g/mol. The van der Waals surface area contributed by atoms with Crippen LogP contribution in [-0.2, 0) is 28.6 Å². The van der Waals surface area contributed by atoms with Gasteiger partial charge < -0.3 is 14.2 Å². The summed E-state index contributed by atoms with van der Waals surface area (Å²) in [6, 6.07) is 0. The van der Waals surface area contributed by atoms with Gasteiger partial charge in [-0.2, -0.15) is 0 Å². The van der Waals surface area contributed by atoms with Crippen molar-refractivity contribution in [2.24, 2.45) is 0 Å². The third-order valence-corrected chi connectivity index (χ3v) is 13.6. The molecule has 79 heavy (non-hydrogen) atoms. The van der Waals surface area contributed by atoms with Gasteiger partial charge in [-0.1, -0.05) is 283 Å². The minimum atomic E-state index is -0.829. The van der Waals surface area contributed by atoms with Crippen molar-refractivity contribution in [3.8, 4) is 0 Å². The second kappa shape index (κ2) is 66.1. The average Bonchev–Trinajstić information content (AvgIpc) is 3.45. The molecule has 0 saturated carbocycles. The van der Waals surface area contributed by atoms with Crippen molar-refractivity contribution in [1.29, 1.82) is 0 Å². The fourth-order valence-electron chi connectivity index (χ4n) is 8.81. The third-order valence-electron chi connectivity index (χ3n) is 13.6. The molecule has 0 N–H and O–H groups in total. The fraction of sp³-hybridized carbons (Fsp3) is 0.658. The molecule has 1 unspecified atom stereocenters. The molecule has 0 rings (SSSR count). The van der Waals surface area contributed by atoms with Crippen LogP contribution in [0.5, 0.6) is 0 Å². The van der Waals surface area contributed by atoms with Crippen LogP contribution < -0.4 is 0 Å². The molecule has 0 radical (unpaired) electrons. The standard InChI is InChI=1S/C73H120O6/c1-4-7-10-13-16-19-22-25-28-31-33-34-35-36-37-38-40-42-45-48-51-54-57-60-63-66-72(75)78-69-70(68-77-71(74)65-62-59-56-53-50-47-44-41-30-27-24-21-18-15-12-9-6-3)79-73(76)67-64-61-58-55-52-49-46-43-39-32-29-26-23-20-17-14-11-8-5-2/h8-9,11-12,17-18,20-22,25-27,29-31,33,39,43,49,52,58,61,70H,4-7,10,13-16,19,23-24,28,32,34-38,40-42,44-48,50-51,53-57,59-60,62-69H2,1-3H3/b11-8-,12-9-,20-17-,21-18-,25-22-,29-26-,30-27-,33-31-,43-39-,52-49-,61-58-. The van der Waals surface area contributed by atoms with Crippen molar-refractivity contribution in [2.45, 2.75) is 297 Å². The number of hydrogen-bond acceptors (Lipinski definition) is 6. The number of unbranched alkanes of at least 4 members (excludes halogenated alkanes) is 25. The van der Waals surface area contributed by atoms with E-state index in [-0.39, 0.29) is 31.6 Å². The highest BCUT2D eigenvalue weighted by atomic mass is 16.6. The summed E-state index contributed by atoms with van der Waals surface area (Å²) in [6.07, 6.45) is 93.3. The van der Waals surface area contributed by atoms with E-state index in [0.29, 0.717) is 19.3 Å². The number of ether oxygens (including phenoxy) is 3. The molecule has 0 saturated heterocycles. The van der Waals surface area contributed by atoms with Crippen LogP contribution in [0.3, 0.4) is 0 Å². The van der Waals surface area contributed by atoms with Gasteiger partial charge in [-0.3, -0.25) is 14.4 Å².